The summed E-state index contributed by atoms with van der Waals surface area (Å²) in [6.45, 7) is 2.75. The van der Waals surface area contributed by atoms with Gasteiger partial charge in [-0.25, -0.2) is 0 Å². The molecule has 1 atom stereocenters. The largest absolute Gasteiger partial charge is 0.493 e. The quantitative estimate of drug-likeness (QED) is 0.275. The van der Waals surface area contributed by atoms with Crippen molar-refractivity contribution in [2.45, 2.75) is 25.2 Å². The Morgan fingerprint density at radius 2 is 1.91 bits per heavy atom. The van der Waals surface area contributed by atoms with Crippen LogP contribution < -0.4 is 19.1 Å². The van der Waals surface area contributed by atoms with Crippen molar-refractivity contribution in [2.24, 2.45) is 0 Å². The molecule has 11 heteroatoms. The molecule has 1 unspecified atom stereocenters. The van der Waals surface area contributed by atoms with Crippen LogP contribution in [0.1, 0.15) is 25.6 Å². The molecule has 1 amide bonds. The van der Waals surface area contributed by atoms with Gasteiger partial charge in [-0.05, 0) is 24.5 Å². The van der Waals surface area contributed by atoms with Crippen molar-refractivity contribution < 1.29 is 23.8 Å². The van der Waals surface area contributed by atoms with Gasteiger partial charge in [-0.1, -0.05) is 45.9 Å². The lowest BCUT2D eigenvalue weighted by molar-refractivity contribution is -0.132. The summed E-state index contributed by atoms with van der Waals surface area (Å²) in [5, 5.41) is 8.90. The first-order chi connectivity index (χ1) is 15.8. The fourth-order valence-electron chi connectivity index (χ4n) is 3.48. The number of para-hydroxylation sites is 1. The van der Waals surface area contributed by atoms with Crippen LogP contribution in [0.5, 0.6) is 17.4 Å². The first-order valence-electron chi connectivity index (χ1n) is 9.74. The van der Waals surface area contributed by atoms with Crippen LogP contribution in [-0.2, 0) is 9.59 Å². The lowest BCUT2D eigenvalue weighted by atomic mass is 10.1. The highest BCUT2D eigenvalue weighted by Crippen LogP contribution is 2.46. The van der Waals surface area contributed by atoms with Crippen LogP contribution in [0.25, 0.3) is 11.3 Å². The van der Waals surface area contributed by atoms with Crippen LogP contribution >= 0.6 is 27.7 Å². The third-order valence-corrected chi connectivity index (χ3v) is 6.06. The van der Waals surface area contributed by atoms with E-state index in [9.17, 15) is 9.59 Å². The number of methoxy groups -OCH3 is 1. The molecular formula is C22H19BrN4O5S. The van der Waals surface area contributed by atoms with Crippen molar-refractivity contribution in [3.8, 4) is 28.6 Å². The first-order valence-corrected chi connectivity index (χ1v) is 11.8. The van der Waals surface area contributed by atoms with Crippen LogP contribution in [0.4, 0.5) is 5.69 Å². The van der Waals surface area contributed by atoms with Gasteiger partial charge >= 0.3 is 5.97 Å². The molecule has 0 spiro atoms. The lowest BCUT2D eigenvalue weighted by Crippen LogP contribution is -2.36. The average molecular weight is 531 g/mol. The van der Waals surface area contributed by atoms with Gasteiger partial charge in [0.2, 0.25) is 23.2 Å². The van der Waals surface area contributed by atoms with Crippen LogP contribution in [0.3, 0.4) is 0 Å². The number of carbonyl (C=O) groups excluding carboxylic acids is 2. The van der Waals surface area contributed by atoms with Crippen LogP contribution in [-0.4, -0.2) is 40.4 Å². The molecule has 0 N–H and O–H groups in total. The summed E-state index contributed by atoms with van der Waals surface area (Å²) < 4.78 is 17.6. The molecule has 0 saturated carbocycles. The molecule has 2 heterocycles. The van der Waals surface area contributed by atoms with Crippen LogP contribution in [0.15, 0.2) is 46.0 Å². The van der Waals surface area contributed by atoms with Gasteiger partial charge in [0.05, 0.1) is 12.8 Å². The third-order valence-electron chi connectivity index (χ3n) is 4.84. The molecule has 0 bridgehead atoms. The number of anilines is 1. The van der Waals surface area contributed by atoms with E-state index in [0.29, 0.717) is 37.9 Å². The first kappa shape index (κ1) is 23.0. The number of carbonyl (C=O) groups is 2. The van der Waals surface area contributed by atoms with Crippen LogP contribution in [0, 0.1) is 0 Å². The number of hydrogen-bond donors (Lipinski definition) is 0. The SMILES string of the molecule is COc1cc(C2Oc3nc(SC)nnc3-c3ccccc3N2C(C)=O)c(Br)cc1OC(C)=O. The lowest BCUT2D eigenvalue weighted by Gasteiger charge is -2.30. The molecule has 0 radical (unpaired) electrons. The standard InChI is InChI=1S/C22H19BrN4O5S/c1-11(28)27-16-8-6-5-7-13(16)19-20(24-22(33-4)26-25-19)32-21(27)14-9-17(30-3)18(10-15(14)23)31-12(2)29/h5-10,21H,1-4H3. The second-order valence-corrected chi connectivity index (χ2v) is 8.57. The number of hydrogen-bond acceptors (Lipinski definition) is 9. The molecule has 4 rings (SSSR count). The second-order valence-electron chi connectivity index (χ2n) is 6.95. The van der Waals surface area contributed by atoms with E-state index in [1.165, 1.54) is 37.6 Å². The van der Waals surface area contributed by atoms with Crippen LogP contribution in [0.2, 0.25) is 0 Å². The summed E-state index contributed by atoms with van der Waals surface area (Å²) in [5.74, 6) is 0.0370. The van der Waals surface area contributed by atoms with Gasteiger partial charge in [-0.2, -0.15) is 4.98 Å². The molecule has 0 fully saturated rings. The smallest absolute Gasteiger partial charge is 0.308 e. The number of fused-ring (bicyclic) bond motifs is 3. The second kappa shape index (κ2) is 9.36. The van der Waals surface area contributed by atoms with E-state index < -0.39 is 12.2 Å². The van der Waals surface area contributed by atoms with Crippen molar-refractivity contribution in [3.05, 3.63) is 46.4 Å². The Morgan fingerprint density at radius 1 is 1.15 bits per heavy atom. The molecule has 1 aromatic heterocycles. The summed E-state index contributed by atoms with van der Waals surface area (Å²) in [6.07, 6.45) is 0.911. The number of rotatable bonds is 4. The minimum absolute atomic E-state index is 0.234. The fraction of sp³-hybridized carbons (Fsp3) is 0.227. The molecule has 0 saturated heterocycles. The highest BCUT2D eigenvalue weighted by molar-refractivity contribution is 9.10. The van der Waals surface area contributed by atoms with Gasteiger partial charge < -0.3 is 14.2 Å². The molecule has 1 aliphatic heterocycles. The van der Waals surface area contributed by atoms with E-state index in [4.69, 9.17) is 14.2 Å². The maximum absolute atomic E-state index is 12.9. The Hall–Kier alpha value is -3.18. The maximum atomic E-state index is 12.9. The fourth-order valence-corrected chi connectivity index (χ4v) is 4.29. The van der Waals surface area contributed by atoms with Gasteiger partial charge in [0, 0.05) is 29.4 Å². The molecular weight excluding hydrogens is 512 g/mol. The van der Waals surface area contributed by atoms with Crippen molar-refractivity contribution >= 4 is 45.3 Å². The number of esters is 1. The van der Waals surface area contributed by atoms with Gasteiger partial charge in [-0.15, -0.1) is 10.2 Å². The Bertz CT molecular complexity index is 1260. The van der Waals surface area contributed by atoms with Crippen molar-refractivity contribution in [3.63, 3.8) is 0 Å². The molecule has 170 valence electrons. The number of halogens is 1. The van der Waals surface area contributed by atoms with E-state index in [0.717, 1.165) is 0 Å². The molecule has 1 aliphatic rings. The topological polar surface area (TPSA) is 104 Å². The Labute approximate surface area is 202 Å². The van der Waals surface area contributed by atoms with Crippen molar-refractivity contribution in [2.75, 3.05) is 18.3 Å². The van der Waals surface area contributed by atoms with Gasteiger partial charge in [0.1, 0.15) is 0 Å². The van der Waals surface area contributed by atoms with E-state index in [-0.39, 0.29) is 17.5 Å². The number of thioether (sulfide) groups is 1. The summed E-state index contributed by atoms with van der Waals surface area (Å²) in [7, 11) is 1.46. The number of ether oxygens (including phenoxy) is 3. The number of aromatic nitrogens is 3. The predicted molar refractivity (Wildman–Crippen MR) is 126 cm³/mol. The van der Waals surface area contributed by atoms with Gasteiger partial charge in [-0.3, -0.25) is 14.5 Å². The highest BCUT2D eigenvalue weighted by atomic mass is 79.9. The predicted octanol–water partition coefficient (Wildman–Crippen LogP) is 4.40. The molecule has 2 aromatic carbocycles. The normalized spacial score (nSPS) is 14.5. The van der Waals surface area contributed by atoms with E-state index in [1.807, 2.05) is 30.5 Å². The number of nitrogens with zero attached hydrogens (tertiary/aromatic N) is 4. The van der Waals surface area contributed by atoms with E-state index >= 15 is 0 Å². The Kier molecular flexibility index (Phi) is 6.52. The summed E-state index contributed by atoms with van der Waals surface area (Å²) >= 11 is 4.86. The zero-order valence-electron chi connectivity index (χ0n) is 18.2. The molecule has 3 aromatic rings. The van der Waals surface area contributed by atoms with Crippen molar-refractivity contribution in [1.82, 2.24) is 15.2 Å². The highest BCUT2D eigenvalue weighted by Gasteiger charge is 2.36. The number of benzene rings is 2. The minimum Gasteiger partial charge on any atom is -0.493 e. The maximum Gasteiger partial charge on any atom is 0.308 e. The van der Waals surface area contributed by atoms with Crippen molar-refractivity contribution in [1.29, 1.82) is 0 Å². The van der Waals surface area contributed by atoms with E-state index in [1.54, 1.807) is 12.1 Å². The Morgan fingerprint density at radius 3 is 2.58 bits per heavy atom. The average Bonchev–Trinajstić information content (AvgIpc) is 2.93. The summed E-state index contributed by atoms with van der Waals surface area (Å²) in [5.41, 5.74) is 2.25. The molecule has 33 heavy (non-hydrogen) atoms. The monoisotopic (exact) mass is 530 g/mol. The summed E-state index contributed by atoms with van der Waals surface area (Å²) in [4.78, 5) is 30.4. The molecule has 0 aliphatic carbocycles. The zero-order chi connectivity index (χ0) is 23.7. The zero-order valence-corrected chi connectivity index (χ0v) is 20.6. The number of amides is 1. The van der Waals surface area contributed by atoms with Gasteiger partial charge in [0.15, 0.2) is 17.2 Å². The van der Waals surface area contributed by atoms with Gasteiger partial charge in [0.25, 0.3) is 0 Å². The van der Waals surface area contributed by atoms with E-state index in [2.05, 4.69) is 31.1 Å². The summed E-state index contributed by atoms with van der Waals surface area (Å²) in [6, 6.07) is 10.6. The molecule has 9 nitrogen and oxygen atoms in total. The Balaban J connectivity index is 1.96. The third kappa shape index (κ3) is 4.38. The minimum atomic E-state index is -0.925.